The van der Waals surface area contributed by atoms with E-state index >= 15 is 0 Å². The predicted molar refractivity (Wildman–Crippen MR) is 137 cm³/mol. The van der Waals surface area contributed by atoms with Crippen LogP contribution in [0.3, 0.4) is 0 Å². The molecular formula is C27H32N2O4S. The second kappa shape index (κ2) is 10.3. The van der Waals surface area contributed by atoms with Crippen molar-refractivity contribution in [3.63, 3.8) is 0 Å². The van der Waals surface area contributed by atoms with Gasteiger partial charge in [-0.2, -0.15) is 0 Å². The Balaban J connectivity index is 2.00. The van der Waals surface area contributed by atoms with Gasteiger partial charge in [0.15, 0.2) is 0 Å². The third kappa shape index (κ3) is 5.59. The molecule has 0 radical (unpaired) electrons. The lowest BCUT2D eigenvalue weighted by Crippen LogP contribution is -2.38. The zero-order valence-corrected chi connectivity index (χ0v) is 21.4. The molecule has 0 unspecified atom stereocenters. The Morgan fingerprint density at radius 3 is 2.21 bits per heavy atom. The first-order valence-electron chi connectivity index (χ1n) is 11.2. The summed E-state index contributed by atoms with van der Waals surface area (Å²) in [6.45, 7) is 9.49. The number of rotatable bonds is 8. The average Bonchev–Trinajstić information content (AvgIpc) is 2.79. The summed E-state index contributed by atoms with van der Waals surface area (Å²) in [6.07, 6.45) is 0. The zero-order valence-electron chi connectivity index (χ0n) is 20.5. The number of sulfonamides is 1. The van der Waals surface area contributed by atoms with Crippen molar-refractivity contribution in [1.82, 2.24) is 0 Å². The molecule has 3 aromatic carbocycles. The molecule has 0 bridgehead atoms. The van der Waals surface area contributed by atoms with Gasteiger partial charge in [-0.1, -0.05) is 38.1 Å². The van der Waals surface area contributed by atoms with E-state index in [1.807, 2.05) is 51.1 Å². The van der Waals surface area contributed by atoms with Crippen LogP contribution in [0.1, 0.15) is 42.0 Å². The monoisotopic (exact) mass is 480 g/mol. The predicted octanol–water partition coefficient (Wildman–Crippen LogP) is 5.58. The van der Waals surface area contributed by atoms with Gasteiger partial charge in [0.1, 0.15) is 17.2 Å². The van der Waals surface area contributed by atoms with Crippen molar-refractivity contribution in [3.8, 4) is 5.75 Å². The Bertz CT molecular complexity index is 1280. The van der Waals surface area contributed by atoms with E-state index in [4.69, 9.17) is 4.74 Å². The van der Waals surface area contributed by atoms with Gasteiger partial charge in [-0.3, -0.25) is 9.10 Å². The Morgan fingerprint density at radius 2 is 1.62 bits per heavy atom. The Kier molecular flexibility index (Phi) is 7.67. The van der Waals surface area contributed by atoms with Crippen LogP contribution < -0.4 is 14.4 Å². The maximum absolute atomic E-state index is 13.8. The fourth-order valence-electron chi connectivity index (χ4n) is 3.58. The highest BCUT2D eigenvalue weighted by Gasteiger charge is 2.30. The molecule has 0 saturated heterocycles. The van der Waals surface area contributed by atoms with Gasteiger partial charge in [0.2, 0.25) is 5.91 Å². The van der Waals surface area contributed by atoms with Crippen LogP contribution in [-0.4, -0.2) is 28.0 Å². The van der Waals surface area contributed by atoms with Crippen LogP contribution in [0.4, 0.5) is 11.4 Å². The quantitative estimate of drug-likeness (QED) is 0.457. The molecule has 0 heterocycles. The molecule has 0 aliphatic rings. The van der Waals surface area contributed by atoms with Crippen LogP contribution in [0.15, 0.2) is 65.6 Å². The lowest BCUT2D eigenvalue weighted by Gasteiger charge is -2.26. The molecular weight excluding hydrogens is 448 g/mol. The minimum absolute atomic E-state index is 0.0160. The van der Waals surface area contributed by atoms with E-state index in [9.17, 15) is 13.2 Å². The van der Waals surface area contributed by atoms with Crippen LogP contribution in [0.2, 0.25) is 0 Å². The summed E-state index contributed by atoms with van der Waals surface area (Å²) in [6, 6.07) is 17.9. The lowest BCUT2D eigenvalue weighted by atomic mass is 10.0. The molecule has 7 heteroatoms. The Labute approximate surface area is 202 Å². The summed E-state index contributed by atoms with van der Waals surface area (Å²) in [5, 5.41) is 2.82. The number of hydrogen-bond acceptors (Lipinski definition) is 4. The van der Waals surface area contributed by atoms with E-state index in [1.54, 1.807) is 30.3 Å². The number of carbonyl (C=O) groups is 1. The standard InChI is InChI=1S/C27H32N2O4S/c1-18(2)22-9-11-23(12-10-22)28-27(30)17-29(24-13-8-20(4)21(5)16-24)34(31,32)26-15-19(3)7-14-25(26)33-6/h7-16,18H,17H2,1-6H3,(H,28,30). The first kappa shape index (κ1) is 25.3. The second-order valence-corrected chi connectivity index (χ2v) is 10.6. The highest BCUT2D eigenvalue weighted by molar-refractivity contribution is 7.93. The summed E-state index contributed by atoms with van der Waals surface area (Å²) >= 11 is 0. The van der Waals surface area contributed by atoms with Crippen LogP contribution in [0.25, 0.3) is 0 Å². The van der Waals surface area contributed by atoms with Crippen LogP contribution in [0, 0.1) is 20.8 Å². The van der Waals surface area contributed by atoms with Crippen molar-refractivity contribution in [3.05, 3.63) is 82.9 Å². The van der Waals surface area contributed by atoms with E-state index in [1.165, 1.54) is 7.11 Å². The fourth-order valence-corrected chi connectivity index (χ4v) is 5.24. The molecule has 34 heavy (non-hydrogen) atoms. The van der Waals surface area contributed by atoms with Crippen molar-refractivity contribution >= 4 is 27.3 Å². The van der Waals surface area contributed by atoms with E-state index in [0.717, 1.165) is 26.6 Å². The van der Waals surface area contributed by atoms with Gasteiger partial charge in [-0.15, -0.1) is 0 Å². The number of nitrogens with zero attached hydrogens (tertiary/aromatic N) is 1. The summed E-state index contributed by atoms with van der Waals surface area (Å²) in [4.78, 5) is 13.0. The number of ether oxygens (including phenoxy) is 1. The molecule has 6 nitrogen and oxygen atoms in total. The molecule has 180 valence electrons. The molecule has 0 aliphatic carbocycles. The van der Waals surface area contributed by atoms with Crippen LogP contribution in [-0.2, 0) is 14.8 Å². The number of hydrogen-bond donors (Lipinski definition) is 1. The molecule has 1 amide bonds. The van der Waals surface area contributed by atoms with Gasteiger partial charge in [0.05, 0.1) is 12.8 Å². The van der Waals surface area contributed by atoms with Crippen molar-refractivity contribution in [2.75, 3.05) is 23.3 Å². The SMILES string of the molecule is COc1ccc(C)cc1S(=O)(=O)N(CC(=O)Nc1ccc(C(C)C)cc1)c1ccc(C)c(C)c1. The van der Waals surface area contributed by atoms with E-state index < -0.39 is 15.9 Å². The molecule has 0 fully saturated rings. The second-order valence-electron chi connectivity index (χ2n) is 8.76. The van der Waals surface area contributed by atoms with Gasteiger partial charge in [0, 0.05) is 5.69 Å². The Morgan fingerprint density at radius 1 is 0.941 bits per heavy atom. The van der Waals surface area contributed by atoms with Crippen molar-refractivity contribution < 1.29 is 17.9 Å². The van der Waals surface area contributed by atoms with Crippen molar-refractivity contribution in [2.24, 2.45) is 0 Å². The summed E-state index contributed by atoms with van der Waals surface area (Å²) in [5.74, 6) is 0.161. The van der Waals surface area contributed by atoms with Crippen LogP contribution >= 0.6 is 0 Å². The minimum atomic E-state index is -4.11. The fraction of sp³-hybridized carbons (Fsp3) is 0.296. The molecule has 3 aromatic rings. The highest BCUT2D eigenvalue weighted by Crippen LogP contribution is 2.31. The molecule has 0 spiro atoms. The number of anilines is 2. The van der Waals surface area contributed by atoms with E-state index in [0.29, 0.717) is 17.3 Å². The van der Waals surface area contributed by atoms with Gasteiger partial charge in [0.25, 0.3) is 10.0 Å². The maximum Gasteiger partial charge on any atom is 0.268 e. The molecule has 0 saturated carbocycles. The number of amides is 1. The number of nitrogens with one attached hydrogen (secondary N) is 1. The third-order valence-electron chi connectivity index (χ3n) is 5.81. The highest BCUT2D eigenvalue weighted by atomic mass is 32.2. The summed E-state index contributed by atoms with van der Waals surface area (Å²) < 4.78 is 34.1. The van der Waals surface area contributed by atoms with Crippen molar-refractivity contribution in [2.45, 2.75) is 45.4 Å². The first-order valence-corrected chi connectivity index (χ1v) is 12.6. The Hall–Kier alpha value is -3.32. The lowest BCUT2D eigenvalue weighted by molar-refractivity contribution is -0.114. The number of aryl methyl sites for hydroxylation is 3. The molecule has 3 rings (SSSR count). The maximum atomic E-state index is 13.8. The molecule has 0 atom stereocenters. The van der Waals surface area contributed by atoms with E-state index in [2.05, 4.69) is 19.2 Å². The van der Waals surface area contributed by atoms with Gasteiger partial charge in [-0.05, 0) is 85.3 Å². The number of benzene rings is 3. The first-order chi connectivity index (χ1) is 16.0. The largest absolute Gasteiger partial charge is 0.495 e. The molecule has 0 aliphatic heterocycles. The van der Waals surface area contributed by atoms with Gasteiger partial charge >= 0.3 is 0 Å². The molecule has 1 N–H and O–H groups in total. The molecule has 0 aromatic heterocycles. The number of methoxy groups -OCH3 is 1. The minimum Gasteiger partial charge on any atom is -0.495 e. The van der Waals surface area contributed by atoms with Crippen molar-refractivity contribution in [1.29, 1.82) is 0 Å². The normalized spacial score (nSPS) is 11.4. The third-order valence-corrected chi connectivity index (χ3v) is 7.61. The number of carbonyl (C=O) groups excluding carboxylic acids is 1. The topological polar surface area (TPSA) is 75.7 Å². The van der Waals surface area contributed by atoms with E-state index in [-0.39, 0.29) is 17.2 Å². The van der Waals surface area contributed by atoms with Gasteiger partial charge in [-0.25, -0.2) is 8.42 Å². The van der Waals surface area contributed by atoms with Gasteiger partial charge < -0.3 is 10.1 Å². The summed E-state index contributed by atoms with van der Waals surface area (Å²) in [7, 11) is -2.68. The smallest absolute Gasteiger partial charge is 0.268 e. The van der Waals surface area contributed by atoms with Crippen LogP contribution in [0.5, 0.6) is 5.75 Å². The summed E-state index contributed by atoms with van der Waals surface area (Å²) in [5.41, 5.74) is 4.91. The zero-order chi connectivity index (χ0) is 25.0. The average molecular weight is 481 g/mol.